The van der Waals surface area contributed by atoms with Gasteiger partial charge in [-0.1, -0.05) is 102 Å². The van der Waals surface area contributed by atoms with Gasteiger partial charge in [0.2, 0.25) is 47.3 Å². The number of aliphatic hydroxyl groups is 1. The first-order valence-electron chi connectivity index (χ1n) is 27.1. The number of carbonyl (C=O) groups excluding carboxylic acids is 9. The number of benzene rings is 4. The molecule has 12 N–H and O–H groups in total. The Morgan fingerprint density at radius 3 is 1.80 bits per heavy atom. The van der Waals surface area contributed by atoms with Crippen molar-refractivity contribution < 1.29 is 68.4 Å². The zero-order valence-electron chi connectivity index (χ0n) is 46.3. The van der Waals surface area contributed by atoms with Gasteiger partial charge in [-0.25, -0.2) is 0 Å². The second-order valence-corrected chi connectivity index (χ2v) is 23.4. The van der Waals surface area contributed by atoms with Crippen molar-refractivity contribution in [2.24, 2.45) is 5.92 Å². The van der Waals surface area contributed by atoms with Gasteiger partial charge in [0.15, 0.2) is 0 Å². The quantitative estimate of drug-likeness (QED) is 0.0754. The monoisotopic (exact) mass is 1180 g/mol. The van der Waals surface area contributed by atoms with Crippen LogP contribution in [0.25, 0.3) is 11.1 Å². The van der Waals surface area contributed by atoms with Gasteiger partial charge in [-0.05, 0) is 97.7 Å². The fraction of sp³-hybridized carbons (Fsp3) is 0.414. The molecule has 2 heterocycles. The zero-order chi connectivity index (χ0) is 60.3. The van der Waals surface area contributed by atoms with Crippen molar-refractivity contribution in [1.82, 2.24) is 47.4 Å². The van der Waals surface area contributed by atoms with Crippen LogP contribution in [0.15, 0.2) is 103 Å². The van der Waals surface area contributed by atoms with Crippen LogP contribution < -0.4 is 42.5 Å². The van der Waals surface area contributed by atoms with E-state index in [-0.39, 0.29) is 61.2 Å². The lowest BCUT2D eigenvalue weighted by Gasteiger charge is -2.31. The molecule has 9 amide bonds. The van der Waals surface area contributed by atoms with Crippen molar-refractivity contribution in [3.63, 3.8) is 0 Å². The molecule has 0 aromatic heterocycles. The van der Waals surface area contributed by atoms with Crippen LogP contribution >= 0.6 is 21.6 Å². The SMILES string of the molecule is CC(C)CC(NC(=O)c1ccc(-c2ccccc2)cc1)C(=O)N1CCCC1C(=O)NC1CSSCC(C)NC(=O)C(C(C)O)NC(=O)CNC(=O)C(Cc2ccc(O)cc2)NC(=O)C(Cc2ccc(O)cc2)NC(=O)C(CC(=O)O)NC1=O. The van der Waals surface area contributed by atoms with Gasteiger partial charge in [0.25, 0.3) is 5.91 Å². The van der Waals surface area contributed by atoms with Gasteiger partial charge in [-0.15, -0.1) is 0 Å². The highest BCUT2D eigenvalue weighted by molar-refractivity contribution is 8.76. The number of carboxylic acid groups (broad SMARTS) is 1. The zero-order valence-corrected chi connectivity index (χ0v) is 47.9. The number of aromatic hydroxyl groups is 2. The Balaban J connectivity index is 1.28. The maximum atomic E-state index is 14.5. The molecule has 0 radical (unpaired) electrons. The number of carboxylic acids is 1. The van der Waals surface area contributed by atoms with E-state index in [0.717, 1.165) is 32.7 Å². The summed E-state index contributed by atoms with van der Waals surface area (Å²) in [5.41, 5.74) is 2.96. The number of hydrogen-bond acceptors (Lipinski definition) is 15. The average molecular weight is 1180 g/mol. The van der Waals surface area contributed by atoms with Crippen LogP contribution in [-0.4, -0.2) is 163 Å². The lowest BCUT2D eigenvalue weighted by molar-refractivity contribution is -0.142. The summed E-state index contributed by atoms with van der Waals surface area (Å²) in [6.07, 6.45) is -2.18. The van der Waals surface area contributed by atoms with E-state index in [2.05, 4.69) is 42.5 Å². The Morgan fingerprint density at radius 2 is 1.22 bits per heavy atom. The average Bonchev–Trinajstić information content (AvgIpc) is 4.24. The second-order valence-electron chi connectivity index (χ2n) is 20.9. The van der Waals surface area contributed by atoms with E-state index in [1.807, 2.05) is 44.2 Å². The molecular weight excluding hydrogens is 1110 g/mol. The molecule has 4 aromatic rings. The summed E-state index contributed by atoms with van der Waals surface area (Å²) in [5.74, 6) is -9.41. The van der Waals surface area contributed by atoms with E-state index in [0.29, 0.717) is 23.1 Å². The van der Waals surface area contributed by atoms with Crippen LogP contribution in [0.2, 0.25) is 0 Å². The van der Waals surface area contributed by atoms with Gasteiger partial charge in [0.1, 0.15) is 53.8 Å². The number of amides is 9. The van der Waals surface area contributed by atoms with Gasteiger partial charge in [0, 0.05) is 42.5 Å². The molecule has 23 nitrogen and oxygen atoms in total. The third kappa shape index (κ3) is 19.5. The first-order chi connectivity index (χ1) is 39.5. The minimum atomic E-state index is -1.89. The number of aliphatic carboxylic acids is 1. The molecule has 9 atom stereocenters. The smallest absolute Gasteiger partial charge is 0.305 e. The number of aliphatic hydroxyl groups excluding tert-OH is 1. The van der Waals surface area contributed by atoms with Gasteiger partial charge in [-0.3, -0.25) is 47.9 Å². The number of hydrogen-bond donors (Lipinski definition) is 12. The highest BCUT2D eigenvalue weighted by atomic mass is 33.1. The van der Waals surface area contributed by atoms with Gasteiger partial charge in [-0.2, -0.15) is 0 Å². The third-order valence-corrected chi connectivity index (χ3v) is 16.2. The molecule has 0 spiro atoms. The van der Waals surface area contributed by atoms with E-state index in [1.54, 1.807) is 31.2 Å². The maximum absolute atomic E-state index is 14.5. The molecule has 0 aliphatic carbocycles. The molecule has 444 valence electrons. The van der Waals surface area contributed by atoms with Crippen molar-refractivity contribution in [2.75, 3.05) is 24.6 Å². The number of carbonyl (C=O) groups is 10. The predicted octanol–water partition coefficient (Wildman–Crippen LogP) is 1.68. The Morgan fingerprint density at radius 1 is 0.663 bits per heavy atom. The van der Waals surface area contributed by atoms with Gasteiger partial charge >= 0.3 is 5.97 Å². The molecule has 2 aliphatic rings. The Labute approximate surface area is 488 Å². The molecule has 0 bridgehead atoms. The highest BCUT2D eigenvalue weighted by Gasteiger charge is 2.40. The van der Waals surface area contributed by atoms with Crippen molar-refractivity contribution in [3.05, 3.63) is 120 Å². The summed E-state index contributed by atoms with van der Waals surface area (Å²) in [5, 5.41) is 61.3. The molecule has 4 aromatic carbocycles. The minimum absolute atomic E-state index is 0.0717. The van der Waals surface area contributed by atoms with E-state index in [4.69, 9.17) is 0 Å². The Kier molecular flexibility index (Phi) is 23.7. The molecule has 6 rings (SSSR count). The molecular formula is C58H71N9O14S2. The second kappa shape index (κ2) is 30.8. The van der Waals surface area contributed by atoms with Crippen LogP contribution in [-0.2, 0) is 56.0 Å². The molecule has 2 saturated heterocycles. The van der Waals surface area contributed by atoms with E-state index < -0.39 is 127 Å². The summed E-state index contributed by atoms with van der Waals surface area (Å²) in [4.78, 5) is 140. The topological polar surface area (TPSA) is 351 Å². The molecule has 9 unspecified atom stereocenters. The standard InChI is InChI=1S/C58H71N9O14S2/c1-32(2)25-45(64-51(74)39-18-16-38(17-19-39)37-9-6-5-7-10-37)58(81)67-24-8-11-47(67)56(79)65-46-31-83-82-30-33(3)60-57(80)50(34(4)68)66-48(71)29-59-52(75)42(26-35-12-20-40(69)21-13-35)61-53(76)43(27-36-14-22-41(70)23-15-36)62-54(77)44(28-49(72)73)63-55(46)78/h5-7,9-10,12-23,32-34,42-47,50,68-70H,8,11,24-31H2,1-4H3,(H,59,75)(H,60,80)(H,61,76)(H,62,77)(H,63,78)(H,64,74)(H,65,79)(H,66,71)(H,72,73). The minimum Gasteiger partial charge on any atom is -0.508 e. The number of phenols is 2. The summed E-state index contributed by atoms with van der Waals surface area (Å²) in [6, 6.07) is 16.9. The maximum Gasteiger partial charge on any atom is 0.305 e. The number of likely N-dealkylation sites (tertiary alicyclic amines) is 1. The van der Waals surface area contributed by atoms with Gasteiger partial charge < -0.3 is 67.9 Å². The van der Waals surface area contributed by atoms with E-state index >= 15 is 0 Å². The van der Waals surface area contributed by atoms with Crippen LogP contribution in [0.4, 0.5) is 0 Å². The first-order valence-corrected chi connectivity index (χ1v) is 29.6. The number of nitrogens with one attached hydrogen (secondary N) is 8. The molecule has 0 saturated carbocycles. The number of rotatable bonds is 15. The van der Waals surface area contributed by atoms with E-state index in [9.17, 15) is 68.4 Å². The molecule has 25 heteroatoms. The highest BCUT2D eigenvalue weighted by Crippen LogP contribution is 2.26. The largest absolute Gasteiger partial charge is 0.508 e. The van der Waals surface area contributed by atoms with E-state index in [1.165, 1.54) is 60.4 Å². The van der Waals surface area contributed by atoms with Crippen molar-refractivity contribution in [2.45, 2.75) is 121 Å². The number of phenolic OH excluding ortho intramolecular Hbond substituents is 2. The van der Waals surface area contributed by atoms with Crippen molar-refractivity contribution in [1.29, 1.82) is 0 Å². The van der Waals surface area contributed by atoms with Crippen LogP contribution in [0.5, 0.6) is 11.5 Å². The predicted molar refractivity (Wildman–Crippen MR) is 310 cm³/mol. The van der Waals surface area contributed by atoms with Crippen LogP contribution in [0, 0.1) is 5.92 Å². The van der Waals surface area contributed by atoms with Gasteiger partial charge in [0.05, 0.1) is 19.1 Å². The molecule has 2 aliphatic heterocycles. The lowest BCUT2D eigenvalue weighted by Crippen LogP contribution is -2.60. The summed E-state index contributed by atoms with van der Waals surface area (Å²) in [6.45, 7) is 6.09. The fourth-order valence-electron chi connectivity index (χ4n) is 9.25. The first kappa shape index (κ1) is 64.0. The van der Waals surface area contributed by atoms with Crippen LogP contribution in [0.3, 0.4) is 0 Å². The molecule has 2 fully saturated rings. The van der Waals surface area contributed by atoms with Crippen molar-refractivity contribution >= 4 is 80.7 Å². The lowest BCUT2D eigenvalue weighted by atomic mass is 10.0. The summed E-state index contributed by atoms with van der Waals surface area (Å²) in [7, 11) is 2.22. The normalized spacial score (nSPS) is 22.5. The summed E-state index contributed by atoms with van der Waals surface area (Å²) >= 11 is 0. The Hall–Kier alpha value is -8.16. The number of nitrogens with zero attached hydrogens (tertiary/aromatic N) is 1. The summed E-state index contributed by atoms with van der Waals surface area (Å²) < 4.78 is 0. The Bertz CT molecular complexity index is 2940. The fourth-order valence-corrected chi connectivity index (χ4v) is 11.7. The molecule has 83 heavy (non-hydrogen) atoms. The van der Waals surface area contributed by atoms with Crippen molar-refractivity contribution in [3.8, 4) is 22.6 Å². The van der Waals surface area contributed by atoms with Crippen LogP contribution in [0.1, 0.15) is 74.9 Å². The third-order valence-electron chi connectivity index (χ3n) is 13.6.